The number of hydrogen-bond donors (Lipinski definition) is 1. The standard InChI is InChI=1S/C16H16N2O4/c1-16(2,12-6-4-3-5-7-12)17-15(19)22-14-10-8-13(9-11-14)18(20)21/h3-11H,1-2H3,(H,17,19). The number of carbonyl (C=O) groups is 1. The average molecular weight is 300 g/mol. The lowest BCUT2D eigenvalue weighted by Gasteiger charge is -2.26. The van der Waals surface area contributed by atoms with Crippen molar-refractivity contribution < 1.29 is 14.5 Å². The molecule has 0 saturated carbocycles. The molecule has 0 atom stereocenters. The van der Waals surface area contributed by atoms with Crippen LogP contribution in [0.2, 0.25) is 0 Å². The molecular formula is C16H16N2O4. The lowest BCUT2D eigenvalue weighted by atomic mass is 9.95. The van der Waals surface area contributed by atoms with Crippen molar-refractivity contribution >= 4 is 11.8 Å². The summed E-state index contributed by atoms with van der Waals surface area (Å²) in [7, 11) is 0. The monoisotopic (exact) mass is 300 g/mol. The van der Waals surface area contributed by atoms with Crippen LogP contribution < -0.4 is 10.1 Å². The van der Waals surface area contributed by atoms with Gasteiger partial charge in [-0.25, -0.2) is 4.79 Å². The largest absolute Gasteiger partial charge is 0.413 e. The third-order valence-electron chi connectivity index (χ3n) is 3.17. The molecule has 6 heteroatoms. The van der Waals surface area contributed by atoms with Crippen LogP contribution in [0.1, 0.15) is 19.4 Å². The number of nitro groups is 1. The highest BCUT2D eigenvalue weighted by atomic mass is 16.6. The summed E-state index contributed by atoms with van der Waals surface area (Å²) in [6.07, 6.45) is -0.622. The Kier molecular flexibility index (Phi) is 4.41. The molecule has 0 fully saturated rings. The molecule has 2 aromatic carbocycles. The third kappa shape index (κ3) is 3.82. The summed E-state index contributed by atoms with van der Waals surface area (Å²) in [5.74, 6) is 0.243. The van der Waals surface area contributed by atoms with Gasteiger partial charge in [0, 0.05) is 12.1 Å². The van der Waals surface area contributed by atoms with E-state index in [-0.39, 0.29) is 11.4 Å². The van der Waals surface area contributed by atoms with Crippen LogP contribution >= 0.6 is 0 Å². The molecule has 1 amide bonds. The van der Waals surface area contributed by atoms with E-state index in [9.17, 15) is 14.9 Å². The van der Waals surface area contributed by atoms with E-state index in [2.05, 4.69) is 5.32 Å². The first kappa shape index (κ1) is 15.5. The van der Waals surface area contributed by atoms with Crippen molar-refractivity contribution in [2.45, 2.75) is 19.4 Å². The normalized spacial score (nSPS) is 10.8. The molecule has 6 nitrogen and oxygen atoms in total. The summed E-state index contributed by atoms with van der Waals surface area (Å²) in [5.41, 5.74) is 0.284. The maximum atomic E-state index is 12.0. The van der Waals surface area contributed by atoms with Gasteiger partial charge in [0.1, 0.15) is 5.75 Å². The van der Waals surface area contributed by atoms with Crippen molar-refractivity contribution in [3.05, 3.63) is 70.3 Å². The van der Waals surface area contributed by atoms with Gasteiger partial charge in [0.15, 0.2) is 0 Å². The molecule has 0 spiro atoms. The molecule has 2 aromatic rings. The Morgan fingerprint density at radius 2 is 1.68 bits per heavy atom. The zero-order valence-corrected chi connectivity index (χ0v) is 12.3. The van der Waals surface area contributed by atoms with Gasteiger partial charge >= 0.3 is 6.09 Å². The molecule has 1 N–H and O–H groups in total. The molecule has 0 aromatic heterocycles. The Balaban J connectivity index is 2.02. The smallest absolute Gasteiger partial charge is 0.410 e. The van der Waals surface area contributed by atoms with Crippen LogP contribution in [0.15, 0.2) is 54.6 Å². The third-order valence-corrected chi connectivity index (χ3v) is 3.17. The minimum atomic E-state index is -0.622. The van der Waals surface area contributed by atoms with Crippen LogP contribution in [0.25, 0.3) is 0 Å². The van der Waals surface area contributed by atoms with E-state index >= 15 is 0 Å². The quantitative estimate of drug-likeness (QED) is 0.690. The minimum Gasteiger partial charge on any atom is -0.410 e. The Morgan fingerprint density at radius 3 is 2.23 bits per heavy atom. The Bertz CT molecular complexity index is 666. The number of hydrogen-bond acceptors (Lipinski definition) is 4. The lowest BCUT2D eigenvalue weighted by molar-refractivity contribution is -0.384. The van der Waals surface area contributed by atoms with Crippen LogP contribution in [-0.4, -0.2) is 11.0 Å². The van der Waals surface area contributed by atoms with Crippen molar-refractivity contribution in [1.82, 2.24) is 5.32 Å². The molecule has 114 valence electrons. The van der Waals surface area contributed by atoms with Gasteiger partial charge in [0.2, 0.25) is 0 Å². The molecule has 0 heterocycles. The zero-order valence-electron chi connectivity index (χ0n) is 12.3. The van der Waals surface area contributed by atoms with Crippen LogP contribution in [0, 0.1) is 10.1 Å². The molecule has 0 bridgehead atoms. The summed E-state index contributed by atoms with van der Waals surface area (Å²) in [5, 5.41) is 13.3. The van der Waals surface area contributed by atoms with E-state index in [0.29, 0.717) is 0 Å². The highest BCUT2D eigenvalue weighted by Gasteiger charge is 2.23. The van der Waals surface area contributed by atoms with Crippen LogP contribution in [0.3, 0.4) is 0 Å². The van der Waals surface area contributed by atoms with E-state index in [4.69, 9.17) is 4.74 Å². The zero-order chi connectivity index (χ0) is 16.2. The molecular weight excluding hydrogens is 284 g/mol. The van der Waals surface area contributed by atoms with Gasteiger partial charge in [-0.2, -0.15) is 0 Å². The van der Waals surface area contributed by atoms with Crippen molar-refractivity contribution in [2.24, 2.45) is 0 Å². The van der Waals surface area contributed by atoms with E-state index in [0.717, 1.165) is 5.56 Å². The second kappa shape index (κ2) is 6.26. The van der Waals surface area contributed by atoms with Gasteiger partial charge in [0.25, 0.3) is 5.69 Å². The Morgan fingerprint density at radius 1 is 1.09 bits per heavy atom. The van der Waals surface area contributed by atoms with Crippen LogP contribution in [-0.2, 0) is 5.54 Å². The molecule has 2 rings (SSSR count). The average Bonchev–Trinajstić information content (AvgIpc) is 2.48. The van der Waals surface area contributed by atoms with Crippen LogP contribution in [0.5, 0.6) is 5.75 Å². The molecule has 22 heavy (non-hydrogen) atoms. The highest BCUT2D eigenvalue weighted by molar-refractivity contribution is 5.71. The first-order chi connectivity index (χ1) is 10.4. The molecule has 0 aliphatic carbocycles. The number of ether oxygens (including phenoxy) is 1. The maximum absolute atomic E-state index is 12.0. The van der Waals surface area contributed by atoms with Crippen molar-refractivity contribution in [1.29, 1.82) is 0 Å². The molecule has 0 aliphatic heterocycles. The van der Waals surface area contributed by atoms with Gasteiger partial charge < -0.3 is 10.1 Å². The fourth-order valence-corrected chi connectivity index (χ4v) is 1.95. The molecule has 0 unspecified atom stereocenters. The molecule has 0 saturated heterocycles. The predicted molar refractivity (Wildman–Crippen MR) is 81.7 cm³/mol. The van der Waals surface area contributed by atoms with Gasteiger partial charge in [-0.05, 0) is 31.5 Å². The number of nitrogens with one attached hydrogen (secondary N) is 1. The van der Waals surface area contributed by atoms with Gasteiger partial charge in [-0.3, -0.25) is 10.1 Å². The second-order valence-electron chi connectivity index (χ2n) is 5.26. The van der Waals surface area contributed by atoms with Gasteiger partial charge in [-0.15, -0.1) is 0 Å². The number of non-ortho nitro benzene ring substituents is 1. The molecule has 0 aliphatic rings. The number of amides is 1. The number of nitrogens with zero attached hydrogens (tertiary/aromatic N) is 1. The van der Waals surface area contributed by atoms with Crippen molar-refractivity contribution in [2.75, 3.05) is 0 Å². The van der Waals surface area contributed by atoms with Gasteiger partial charge in [0.05, 0.1) is 10.5 Å². The minimum absolute atomic E-state index is 0.0580. The summed E-state index contributed by atoms with van der Waals surface area (Å²) < 4.78 is 5.13. The van der Waals surface area contributed by atoms with E-state index < -0.39 is 16.6 Å². The number of rotatable bonds is 4. The van der Waals surface area contributed by atoms with Crippen molar-refractivity contribution in [3.63, 3.8) is 0 Å². The fourth-order valence-electron chi connectivity index (χ4n) is 1.95. The first-order valence-electron chi connectivity index (χ1n) is 6.68. The van der Waals surface area contributed by atoms with Crippen LogP contribution in [0.4, 0.5) is 10.5 Å². The van der Waals surface area contributed by atoms with Crippen molar-refractivity contribution in [3.8, 4) is 5.75 Å². The number of carbonyl (C=O) groups excluding carboxylic acids is 1. The number of nitro benzene ring substituents is 1. The highest BCUT2D eigenvalue weighted by Crippen LogP contribution is 2.21. The summed E-state index contributed by atoms with van der Waals surface area (Å²) in [4.78, 5) is 22.0. The summed E-state index contributed by atoms with van der Waals surface area (Å²) in [6.45, 7) is 3.72. The number of benzene rings is 2. The molecule has 0 radical (unpaired) electrons. The summed E-state index contributed by atoms with van der Waals surface area (Å²) in [6, 6.07) is 14.8. The first-order valence-corrected chi connectivity index (χ1v) is 6.68. The van der Waals surface area contributed by atoms with E-state index in [1.807, 2.05) is 44.2 Å². The Labute approximate surface area is 127 Å². The SMILES string of the molecule is CC(C)(NC(=O)Oc1ccc([N+](=O)[O-])cc1)c1ccccc1. The van der Waals surface area contributed by atoms with E-state index in [1.54, 1.807) is 0 Å². The topological polar surface area (TPSA) is 81.5 Å². The van der Waals surface area contributed by atoms with E-state index in [1.165, 1.54) is 24.3 Å². The van der Waals surface area contributed by atoms with Gasteiger partial charge in [-0.1, -0.05) is 30.3 Å². The fraction of sp³-hybridized carbons (Fsp3) is 0.188. The Hall–Kier alpha value is -2.89. The second-order valence-corrected chi connectivity index (χ2v) is 5.26. The lowest BCUT2D eigenvalue weighted by Crippen LogP contribution is -2.42. The predicted octanol–water partition coefficient (Wildman–Crippen LogP) is 3.62. The summed E-state index contributed by atoms with van der Waals surface area (Å²) >= 11 is 0. The maximum Gasteiger partial charge on any atom is 0.413 e.